The van der Waals surface area contributed by atoms with Crippen molar-refractivity contribution in [3.8, 4) is 11.5 Å². The highest BCUT2D eigenvalue weighted by atomic mass is 16.6. The average molecular weight is 470 g/mol. The lowest BCUT2D eigenvalue weighted by Crippen LogP contribution is -2.46. The lowest BCUT2D eigenvalue weighted by molar-refractivity contribution is -0.152. The minimum absolute atomic E-state index is 0.108. The van der Waals surface area contributed by atoms with E-state index in [-0.39, 0.29) is 23.6 Å². The molecule has 1 aromatic heterocycles. The number of nitrogens with one attached hydrogen (secondary N) is 1. The number of hydrogen-bond donors (Lipinski definition) is 1. The second-order valence-electron chi connectivity index (χ2n) is 7.81. The standard InChI is InChI=1S/C24H26N2O8/c1-14-11-17(12-16-7-5-4-6-8-16)23(29)32-13-18(24(30)33-14)26-22(28)20-21(34-15(2)27)19(31-3)9-10-25-20/h4-10,14,17-18H,11-13H2,1-3H3,(H,26,28)/t14-,17+,18-/m0/s1. The highest BCUT2D eigenvalue weighted by Crippen LogP contribution is 2.29. The fourth-order valence-corrected chi connectivity index (χ4v) is 3.56. The summed E-state index contributed by atoms with van der Waals surface area (Å²) in [6.45, 7) is 2.42. The maximum Gasteiger partial charge on any atom is 0.332 e. The number of aromatic nitrogens is 1. The monoisotopic (exact) mass is 470 g/mol. The Morgan fingerprint density at radius 1 is 1.15 bits per heavy atom. The summed E-state index contributed by atoms with van der Waals surface area (Å²) in [5.41, 5.74) is 0.678. The number of ether oxygens (including phenoxy) is 4. The summed E-state index contributed by atoms with van der Waals surface area (Å²) in [7, 11) is 1.34. The molecule has 0 aliphatic carbocycles. The molecule has 34 heavy (non-hydrogen) atoms. The van der Waals surface area contributed by atoms with Gasteiger partial charge in [-0.3, -0.25) is 14.4 Å². The first-order chi connectivity index (χ1) is 16.3. The third-order valence-corrected chi connectivity index (χ3v) is 5.12. The number of pyridine rings is 1. The van der Waals surface area contributed by atoms with E-state index in [2.05, 4.69) is 10.3 Å². The molecular formula is C24H26N2O8. The molecule has 0 saturated carbocycles. The van der Waals surface area contributed by atoms with Crippen molar-refractivity contribution in [2.45, 2.75) is 38.8 Å². The highest BCUT2D eigenvalue weighted by Gasteiger charge is 2.33. The predicted octanol–water partition coefficient (Wildman–Crippen LogP) is 1.85. The highest BCUT2D eigenvalue weighted by molar-refractivity contribution is 5.98. The fourth-order valence-electron chi connectivity index (χ4n) is 3.56. The molecule has 1 saturated heterocycles. The Balaban J connectivity index is 1.77. The number of methoxy groups -OCH3 is 1. The number of cyclic esters (lactones) is 2. The second-order valence-corrected chi connectivity index (χ2v) is 7.81. The molecule has 10 heteroatoms. The van der Waals surface area contributed by atoms with E-state index >= 15 is 0 Å². The predicted molar refractivity (Wildman–Crippen MR) is 118 cm³/mol. The molecule has 10 nitrogen and oxygen atoms in total. The van der Waals surface area contributed by atoms with Crippen LogP contribution in [0.15, 0.2) is 42.6 Å². The fraction of sp³-hybridized carbons (Fsp3) is 0.375. The Bertz CT molecular complexity index is 1060. The van der Waals surface area contributed by atoms with Gasteiger partial charge in [0.05, 0.1) is 19.1 Å². The molecule has 1 aliphatic rings. The van der Waals surface area contributed by atoms with Gasteiger partial charge >= 0.3 is 17.9 Å². The summed E-state index contributed by atoms with van der Waals surface area (Å²) in [5.74, 6) is -3.37. The largest absolute Gasteiger partial charge is 0.493 e. The summed E-state index contributed by atoms with van der Waals surface area (Å²) in [4.78, 5) is 53.8. The molecule has 0 unspecified atom stereocenters. The van der Waals surface area contributed by atoms with Crippen molar-refractivity contribution in [1.29, 1.82) is 0 Å². The molecule has 1 N–H and O–H groups in total. The van der Waals surface area contributed by atoms with Gasteiger partial charge in [-0.05, 0) is 25.3 Å². The molecular weight excluding hydrogens is 444 g/mol. The first kappa shape index (κ1) is 24.7. The molecule has 0 bridgehead atoms. The third kappa shape index (κ3) is 6.31. The summed E-state index contributed by atoms with van der Waals surface area (Å²) in [6, 6.07) is 9.57. The normalized spacial score (nSPS) is 20.6. The molecule has 0 spiro atoms. The van der Waals surface area contributed by atoms with Crippen molar-refractivity contribution >= 4 is 23.8 Å². The zero-order chi connectivity index (χ0) is 24.7. The lowest BCUT2D eigenvalue weighted by Gasteiger charge is -2.19. The zero-order valence-corrected chi connectivity index (χ0v) is 19.1. The number of carbonyl (C=O) groups is 4. The van der Waals surface area contributed by atoms with Gasteiger partial charge in [0.2, 0.25) is 5.75 Å². The SMILES string of the molecule is COc1ccnc(C(=O)N[C@H]2COC(=O)[C@@H](Cc3ccccc3)C[C@H](C)OC2=O)c1OC(C)=O. The van der Waals surface area contributed by atoms with E-state index in [0.29, 0.717) is 6.42 Å². The number of hydrogen-bond acceptors (Lipinski definition) is 9. The van der Waals surface area contributed by atoms with Crippen molar-refractivity contribution in [3.63, 3.8) is 0 Å². The van der Waals surface area contributed by atoms with Crippen LogP contribution in [0.4, 0.5) is 0 Å². The Labute approximate surface area is 196 Å². The van der Waals surface area contributed by atoms with Crippen LogP contribution in [-0.4, -0.2) is 54.7 Å². The van der Waals surface area contributed by atoms with E-state index in [1.807, 2.05) is 30.3 Å². The molecule has 1 amide bonds. The van der Waals surface area contributed by atoms with Crippen LogP contribution in [-0.2, 0) is 30.3 Å². The van der Waals surface area contributed by atoms with E-state index in [0.717, 1.165) is 12.5 Å². The van der Waals surface area contributed by atoms with Gasteiger partial charge in [0.1, 0.15) is 6.61 Å². The van der Waals surface area contributed by atoms with Gasteiger partial charge in [-0.25, -0.2) is 9.78 Å². The third-order valence-electron chi connectivity index (χ3n) is 5.12. The van der Waals surface area contributed by atoms with Crippen LogP contribution < -0.4 is 14.8 Å². The van der Waals surface area contributed by atoms with Gasteiger partial charge < -0.3 is 24.3 Å². The van der Waals surface area contributed by atoms with Gasteiger partial charge in [-0.2, -0.15) is 0 Å². The molecule has 1 aliphatic heterocycles. The zero-order valence-electron chi connectivity index (χ0n) is 19.1. The Kier molecular flexibility index (Phi) is 8.18. The smallest absolute Gasteiger partial charge is 0.332 e. The molecule has 3 rings (SSSR count). The molecule has 1 aromatic carbocycles. The van der Waals surface area contributed by atoms with E-state index in [4.69, 9.17) is 18.9 Å². The summed E-state index contributed by atoms with van der Waals surface area (Å²) >= 11 is 0. The average Bonchev–Trinajstić information content (AvgIpc) is 2.84. The molecule has 1 fully saturated rings. The molecule has 2 aromatic rings. The Morgan fingerprint density at radius 2 is 1.88 bits per heavy atom. The van der Waals surface area contributed by atoms with Crippen molar-refractivity contribution in [1.82, 2.24) is 10.3 Å². The summed E-state index contributed by atoms with van der Waals surface area (Å²) < 4.78 is 21.0. The quantitative estimate of drug-likeness (QED) is 0.629. The molecule has 0 radical (unpaired) electrons. The van der Waals surface area contributed by atoms with E-state index in [1.54, 1.807) is 6.92 Å². The lowest BCUT2D eigenvalue weighted by atomic mass is 9.94. The van der Waals surface area contributed by atoms with Crippen LogP contribution in [0.25, 0.3) is 0 Å². The van der Waals surface area contributed by atoms with Crippen molar-refractivity contribution < 1.29 is 38.1 Å². The first-order valence-corrected chi connectivity index (χ1v) is 10.7. The topological polar surface area (TPSA) is 130 Å². The van der Waals surface area contributed by atoms with E-state index in [9.17, 15) is 19.2 Å². The maximum absolute atomic E-state index is 12.9. The van der Waals surface area contributed by atoms with Gasteiger partial charge in [0, 0.05) is 19.2 Å². The van der Waals surface area contributed by atoms with Crippen LogP contribution >= 0.6 is 0 Å². The number of esters is 3. The van der Waals surface area contributed by atoms with Crippen molar-refractivity contribution in [2.24, 2.45) is 5.92 Å². The van der Waals surface area contributed by atoms with Crippen LogP contribution in [0.3, 0.4) is 0 Å². The summed E-state index contributed by atoms with van der Waals surface area (Å²) in [5, 5.41) is 2.45. The van der Waals surface area contributed by atoms with E-state index < -0.39 is 48.5 Å². The van der Waals surface area contributed by atoms with Gasteiger partial charge in [-0.1, -0.05) is 30.3 Å². The Morgan fingerprint density at radius 3 is 2.56 bits per heavy atom. The van der Waals surface area contributed by atoms with Gasteiger partial charge in [0.15, 0.2) is 17.5 Å². The molecule has 3 atom stereocenters. The Hall–Kier alpha value is -3.95. The minimum Gasteiger partial charge on any atom is -0.493 e. The minimum atomic E-state index is -1.28. The number of benzene rings is 1. The summed E-state index contributed by atoms with van der Waals surface area (Å²) in [6.07, 6.45) is 1.41. The van der Waals surface area contributed by atoms with Gasteiger partial charge in [0.25, 0.3) is 5.91 Å². The maximum atomic E-state index is 12.9. The second kappa shape index (κ2) is 11.3. The van der Waals surface area contributed by atoms with Gasteiger partial charge in [-0.15, -0.1) is 0 Å². The molecule has 180 valence electrons. The van der Waals surface area contributed by atoms with Crippen LogP contribution in [0.5, 0.6) is 11.5 Å². The number of amides is 1. The number of rotatable bonds is 6. The van der Waals surface area contributed by atoms with E-state index in [1.165, 1.54) is 19.4 Å². The first-order valence-electron chi connectivity index (χ1n) is 10.7. The number of carbonyl (C=O) groups excluding carboxylic acids is 4. The van der Waals surface area contributed by atoms with Crippen molar-refractivity contribution in [2.75, 3.05) is 13.7 Å². The van der Waals surface area contributed by atoms with Crippen molar-refractivity contribution in [3.05, 3.63) is 53.9 Å². The van der Waals surface area contributed by atoms with Crippen LogP contribution in [0.2, 0.25) is 0 Å². The molecule has 2 heterocycles. The van der Waals surface area contributed by atoms with Crippen LogP contribution in [0.1, 0.15) is 36.3 Å². The number of nitrogens with zero attached hydrogens (tertiary/aromatic N) is 1. The van der Waals surface area contributed by atoms with Crippen LogP contribution in [0, 0.1) is 5.92 Å².